The summed E-state index contributed by atoms with van der Waals surface area (Å²) in [6.07, 6.45) is 2.87. The van der Waals surface area contributed by atoms with Crippen molar-refractivity contribution in [2.24, 2.45) is 0 Å². The molecule has 2 rings (SSSR count). The standard InChI is InChI=1S/C21H22ClNO4/c1-3-26-19-10-5-4-7-16(19)11-12-21(25)27-14-20(24)23-15(2)17-8-6-9-18(22)13-17/h4-13,15H,3,14H2,1-2H3,(H,23,24)/b12-11+/t15-/m1/s1. The Morgan fingerprint density at radius 1 is 1.19 bits per heavy atom. The van der Waals surface area contributed by atoms with Gasteiger partial charge in [-0.2, -0.15) is 0 Å². The molecule has 0 aromatic heterocycles. The van der Waals surface area contributed by atoms with Crippen molar-refractivity contribution in [2.45, 2.75) is 19.9 Å². The number of halogens is 1. The zero-order valence-corrected chi connectivity index (χ0v) is 16.0. The molecular weight excluding hydrogens is 366 g/mol. The van der Waals surface area contributed by atoms with Crippen molar-refractivity contribution in [3.63, 3.8) is 0 Å². The SMILES string of the molecule is CCOc1ccccc1/C=C/C(=O)OCC(=O)N[C@H](C)c1cccc(Cl)c1. The largest absolute Gasteiger partial charge is 0.493 e. The van der Waals surface area contributed by atoms with Crippen molar-refractivity contribution in [3.05, 3.63) is 70.8 Å². The fourth-order valence-corrected chi connectivity index (χ4v) is 2.59. The quantitative estimate of drug-likeness (QED) is 0.545. The summed E-state index contributed by atoms with van der Waals surface area (Å²) in [6.45, 7) is 3.88. The highest BCUT2D eigenvalue weighted by molar-refractivity contribution is 6.30. The number of ether oxygens (including phenoxy) is 2. The van der Waals surface area contributed by atoms with Crippen LogP contribution in [0.5, 0.6) is 5.75 Å². The number of rotatable bonds is 8. The molecule has 5 nitrogen and oxygen atoms in total. The minimum absolute atomic E-state index is 0.247. The van der Waals surface area contributed by atoms with Gasteiger partial charge in [0, 0.05) is 16.7 Å². The van der Waals surface area contributed by atoms with Crippen molar-refractivity contribution in [2.75, 3.05) is 13.2 Å². The molecule has 0 bridgehead atoms. The van der Waals surface area contributed by atoms with Gasteiger partial charge < -0.3 is 14.8 Å². The Balaban J connectivity index is 1.83. The maximum atomic E-state index is 12.0. The van der Waals surface area contributed by atoms with Gasteiger partial charge in [-0.3, -0.25) is 4.79 Å². The highest BCUT2D eigenvalue weighted by atomic mass is 35.5. The van der Waals surface area contributed by atoms with E-state index in [1.807, 2.05) is 50.2 Å². The monoisotopic (exact) mass is 387 g/mol. The van der Waals surface area contributed by atoms with Gasteiger partial charge in [0.15, 0.2) is 6.61 Å². The molecule has 6 heteroatoms. The number of carbonyl (C=O) groups is 2. The molecule has 0 aliphatic carbocycles. The molecule has 27 heavy (non-hydrogen) atoms. The fourth-order valence-electron chi connectivity index (χ4n) is 2.39. The second-order valence-corrected chi connectivity index (χ2v) is 6.19. The molecule has 0 aliphatic heterocycles. The molecule has 1 amide bonds. The van der Waals surface area contributed by atoms with E-state index < -0.39 is 5.97 Å². The fraction of sp³-hybridized carbons (Fsp3) is 0.238. The van der Waals surface area contributed by atoms with Crippen LogP contribution < -0.4 is 10.1 Å². The topological polar surface area (TPSA) is 64.6 Å². The van der Waals surface area contributed by atoms with Crippen LogP contribution in [0, 0.1) is 0 Å². The van der Waals surface area contributed by atoms with Crippen LogP contribution in [-0.2, 0) is 14.3 Å². The van der Waals surface area contributed by atoms with Crippen LogP contribution in [0.2, 0.25) is 5.02 Å². The number of nitrogens with one attached hydrogen (secondary N) is 1. The van der Waals surface area contributed by atoms with E-state index in [0.29, 0.717) is 17.4 Å². The van der Waals surface area contributed by atoms with Crippen molar-refractivity contribution < 1.29 is 19.1 Å². The molecule has 0 heterocycles. The molecule has 1 atom stereocenters. The summed E-state index contributed by atoms with van der Waals surface area (Å²) in [7, 11) is 0. The Labute approximate surface area is 163 Å². The van der Waals surface area contributed by atoms with Gasteiger partial charge in [0.05, 0.1) is 12.6 Å². The maximum Gasteiger partial charge on any atom is 0.331 e. The van der Waals surface area contributed by atoms with Gasteiger partial charge in [-0.1, -0.05) is 41.9 Å². The predicted octanol–water partition coefficient (Wildman–Crippen LogP) is 4.17. The molecule has 0 radical (unpaired) electrons. The van der Waals surface area contributed by atoms with Gasteiger partial charge in [0.25, 0.3) is 5.91 Å². The Morgan fingerprint density at radius 3 is 2.70 bits per heavy atom. The van der Waals surface area contributed by atoms with Crippen LogP contribution in [0.3, 0.4) is 0 Å². The molecule has 0 aliphatic rings. The number of hydrogen-bond acceptors (Lipinski definition) is 4. The first-order valence-corrected chi connectivity index (χ1v) is 8.99. The Hall–Kier alpha value is -2.79. The third-order valence-electron chi connectivity index (χ3n) is 3.69. The van der Waals surface area contributed by atoms with Gasteiger partial charge in [0.2, 0.25) is 0 Å². The van der Waals surface area contributed by atoms with Gasteiger partial charge in [0.1, 0.15) is 5.75 Å². The van der Waals surface area contributed by atoms with Crippen molar-refractivity contribution >= 4 is 29.6 Å². The zero-order chi connectivity index (χ0) is 19.6. The van der Waals surface area contributed by atoms with E-state index in [1.54, 1.807) is 18.2 Å². The average molecular weight is 388 g/mol. The third kappa shape index (κ3) is 6.79. The lowest BCUT2D eigenvalue weighted by Gasteiger charge is -2.14. The molecular formula is C21H22ClNO4. The van der Waals surface area contributed by atoms with E-state index in [1.165, 1.54) is 6.08 Å². The smallest absolute Gasteiger partial charge is 0.331 e. The molecule has 0 unspecified atom stereocenters. The third-order valence-corrected chi connectivity index (χ3v) is 3.92. The molecule has 2 aromatic carbocycles. The lowest BCUT2D eigenvalue weighted by molar-refractivity contribution is -0.144. The van der Waals surface area contributed by atoms with Crippen molar-refractivity contribution in [1.82, 2.24) is 5.32 Å². The van der Waals surface area contributed by atoms with E-state index in [0.717, 1.165) is 11.1 Å². The van der Waals surface area contributed by atoms with Crippen LogP contribution in [0.25, 0.3) is 6.08 Å². The van der Waals surface area contributed by atoms with Crippen LogP contribution in [0.4, 0.5) is 0 Å². The maximum absolute atomic E-state index is 12.0. The zero-order valence-electron chi connectivity index (χ0n) is 15.3. The van der Waals surface area contributed by atoms with Crippen LogP contribution in [-0.4, -0.2) is 25.1 Å². The van der Waals surface area contributed by atoms with Crippen molar-refractivity contribution in [3.8, 4) is 5.75 Å². The Bertz CT molecular complexity index is 819. The summed E-state index contributed by atoms with van der Waals surface area (Å²) in [6, 6.07) is 14.3. The van der Waals surface area contributed by atoms with E-state index in [2.05, 4.69) is 5.32 Å². The van der Waals surface area contributed by atoms with Gasteiger partial charge >= 0.3 is 5.97 Å². The van der Waals surface area contributed by atoms with Crippen LogP contribution in [0.1, 0.15) is 31.0 Å². The van der Waals surface area contributed by atoms with Crippen LogP contribution >= 0.6 is 11.6 Å². The lowest BCUT2D eigenvalue weighted by Crippen LogP contribution is -2.30. The van der Waals surface area contributed by atoms with Gasteiger partial charge in [-0.05, 0) is 43.7 Å². The molecule has 0 spiro atoms. The van der Waals surface area contributed by atoms with Crippen molar-refractivity contribution in [1.29, 1.82) is 0 Å². The summed E-state index contributed by atoms with van der Waals surface area (Å²) in [5.74, 6) is -0.317. The average Bonchev–Trinajstić information content (AvgIpc) is 2.66. The number of hydrogen-bond donors (Lipinski definition) is 1. The highest BCUT2D eigenvalue weighted by Gasteiger charge is 2.11. The van der Waals surface area contributed by atoms with Gasteiger partial charge in [-0.15, -0.1) is 0 Å². The number of para-hydroxylation sites is 1. The molecule has 1 N–H and O–H groups in total. The predicted molar refractivity (Wildman–Crippen MR) is 106 cm³/mol. The van der Waals surface area contributed by atoms with Crippen LogP contribution in [0.15, 0.2) is 54.6 Å². The second kappa shape index (κ2) is 10.4. The Morgan fingerprint density at radius 2 is 1.96 bits per heavy atom. The van der Waals surface area contributed by atoms with E-state index in [9.17, 15) is 9.59 Å². The summed E-state index contributed by atoms with van der Waals surface area (Å²) in [5, 5.41) is 3.35. The number of amides is 1. The molecule has 0 saturated carbocycles. The second-order valence-electron chi connectivity index (χ2n) is 5.76. The number of benzene rings is 2. The van der Waals surface area contributed by atoms with Gasteiger partial charge in [-0.25, -0.2) is 4.79 Å². The first-order valence-electron chi connectivity index (χ1n) is 8.61. The summed E-state index contributed by atoms with van der Waals surface area (Å²) in [5.41, 5.74) is 1.63. The highest BCUT2D eigenvalue weighted by Crippen LogP contribution is 2.19. The summed E-state index contributed by atoms with van der Waals surface area (Å²) < 4.78 is 10.5. The van der Waals surface area contributed by atoms with E-state index in [-0.39, 0.29) is 18.6 Å². The van der Waals surface area contributed by atoms with E-state index >= 15 is 0 Å². The molecule has 0 saturated heterocycles. The minimum atomic E-state index is -0.605. The molecule has 2 aromatic rings. The number of esters is 1. The summed E-state index contributed by atoms with van der Waals surface area (Å²) in [4.78, 5) is 23.8. The first kappa shape index (κ1) is 20.5. The number of carbonyl (C=O) groups excluding carboxylic acids is 2. The normalized spacial score (nSPS) is 11.8. The first-order chi connectivity index (χ1) is 13.0. The molecule has 0 fully saturated rings. The lowest BCUT2D eigenvalue weighted by atomic mass is 10.1. The summed E-state index contributed by atoms with van der Waals surface area (Å²) >= 11 is 5.95. The Kier molecular flexibility index (Phi) is 7.89. The molecule has 142 valence electrons. The minimum Gasteiger partial charge on any atom is -0.493 e. The van der Waals surface area contributed by atoms with E-state index in [4.69, 9.17) is 21.1 Å².